The lowest BCUT2D eigenvalue weighted by atomic mass is 10.0. The van der Waals surface area contributed by atoms with Crippen LogP contribution in [0.25, 0.3) is 0 Å². The van der Waals surface area contributed by atoms with E-state index in [1.807, 2.05) is 0 Å². The van der Waals surface area contributed by atoms with Crippen LogP contribution in [0.2, 0.25) is 0 Å². The van der Waals surface area contributed by atoms with Crippen molar-refractivity contribution < 1.29 is 37.9 Å². The molecule has 2 N–H and O–H groups in total. The Bertz CT molecular complexity index is 777. The highest BCUT2D eigenvalue weighted by atomic mass is 31.2. The van der Waals surface area contributed by atoms with Crippen LogP contribution in [0.5, 0.6) is 0 Å². The Labute approximate surface area is 269 Å². The molecule has 9 heteroatoms. The molecule has 258 valence electrons. The maximum absolute atomic E-state index is 12.3. The van der Waals surface area contributed by atoms with E-state index in [9.17, 15) is 14.2 Å². The molecule has 0 amide bonds. The summed E-state index contributed by atoms with van der Waals surface area (Å²) in [4.78, 5) is 42.6. The minimum absolute atomic E-state index is 0.212. The molecule has 0 rings (SSSR count). The lowest BCUT2D eigenvalue weighted by Gasteiger charge is -2.18. The maximum Gasteiger partial charge on any atom is 0.469 e. The average molecular weight is 645 g/mol. The third kappa shape index (κ3) is 33.4. The number of hydrogen-bond donors (Lipinski definition) is 2. The van der Waals surface area contributed by atoms with E-state index < -0.39 is 32.5 Å². The van der Waals surface area contributed by atoms with Gasteiger partial charge in [0.15, 0.2) is 6.10 Å². The molecular formula is C35H65O8P. The molecule has 0 radical (unpaired) electrons. The molecule has 0 aromatic carbocycles. The Hall–Kier alpha value is -1.47. The van der Waals surface area contributed by atoms with Gasteiger partial charge in [-0.05, 0) is 38.5 Å². The summed E-state index contributed by atoms with van der Waals surface area (Å²) < 4.78 is 26.2. The minimum Gasteiger partial charge on any atom is -0.462 e. The number of phosphoric acid groups is 1. The Morgan fingerprint density at radius 3 is 1.57 bits per heavy atom. The molecule has 0 aromatic heterocycles. The van der Waals surface area contributed by atoms with Crippen LogP contribution >= 0.6 is 7.82 Å². The highest BCUT2D eigenvalue weighted by Gasteiger charge is 2.22. The molecule has 0 saturated carbocycles. The Morgan fingerprint density at radius 1 is 0.591 bits per heavy atom. The predicted molar refractivity (Wildman–Crippen MR) is 179 cm³/mol. The van der Waals surface area contributed by atoms with Crippen LogP contribution in [0.3, 0.4) is 0 Å². The van der Waals surface area contributed by atoms with Gasteiger partial charge in [0.25, 0.3) is 0 Å². The van der Waals surface area contributed by atoms with Gasteiger partial charge in [0, 0.05) is 12.8 Å². The lowest BCUT2D eigenvalue weighted by molar-refractivity contribution is -0.161. The van der Waals surface area contributed by atoms with Crippen molar-refractivity contribution in [3.8, 4) is 0 Å². The number of phosphoric ester groups is 1. The van der Waals surface area contributed by atoms with E-state index in [0.717, 1.165) is 64.2 Å². The number of carbonyl (C=O) groups is 2. The third-order valence-corrected chi connectivity index (χ3v) is 7.96. The fourth-order valence-electron chi connectivity index (χ4n) is 4.80. The topological polar surface area (TPSA) is 119 Å². The molecule has 0 heterocycles. The number of hydrogen-bond acceptors (Lipinski definition) is 6. The fourth-order valence-corrected chi connectivity index (χ4v) is 5.16. The molecule has 8 nitrogen and oxygen atoms in total. The van der Waals surface area contributed by atoms with Gasteiger partial charge >= 0.3 is 19.8 Å². The summed E-state index contributed by atoms with van der Waals surface area (Å²) in [5, 5.41) is 0. The summed E-state index contributed by atoms with van der Waals surface area (Å²) >= 11 is 0. The van der Waals surface area contributed by atoms with Gasteiger partial charge in [-0.1, -0.05) is 141 Å². The van der Waals surface area contributed by atoms with E-state index in [1.54, 1.807) is 0 Å². The van der Waals surface area contributed by atoms with Crippen molar-refractivity contribution in [1.29, 1.82) is 0 Å². The second-order valence-corrected chi connectivity index (χ2v) is 13.1. The van der Waals surface area contributed by atoms with Gasteiger partial charge in [0.05, 0.1) is 6.61 Å². The summed E-state index contributed by atoms with van der Waals surface area (Å²) in [6.45, 7) is 3.61. The average Bonchev–Trinajstić information content (AvgIpc) is 2.98. The summed E-state index contributed by atoms with van der Waals surface area (Å²) in [6.07, 6.45) is 33.2. The SMILES string of the molecule is CCCC/C=C\C/C=C\CCCCCCCC(=O)OC[C@H](COP(=O)(O)O)OC(=O)CCCCCCCCCCCCCC. The fraction of sp³-hybridized carbons (Fsp3) is 0.829. The first kappa shape index (κ1) is 42.5. The van der Waals surface area contributed by atoms with Crippen molar-refractivity contribution >= 4 is 19.8 Å². The monoisotopic (exact) mass is 644 g/mol. The van der Waals surface area contributed by atoms with E-state index in [4.69, 9.17) is 19.3 Å². The summed E-state index contributed by atoms with van der Waals surface area (Å²) in [5.41, 5.74) is 0. The van der Waals surface area contributed by atoms with E-state index in [0.29, 0.717) is 12.8 Å². The van der Waals surface area contributed by atoms with Crippen LogP contribution in [-0.4, -0.2) is 41.0 Å². The van der Waals surface area contributed by atoms with Crippen molar-refractivity contribution in [2.45, 2.75) is 174 Å². The van der Waals surface area contributed by atoms with Crippen LogP contribution in [0.1, 0.15) is 168 Å². The second kappa shape index (κ2) is 31.5. The Kier molecular flexibility index (Phi) is 30.5. The second-order valence-electron chi connectivity index (χ2n) is 11.8. The standard InChI is InChI=1S/C35H65O8P/c1-3-5-7-9-11-13-15-17-18-20-21-23-25-27-29-34(36)41-31-33(32-42-44(38,39)40)43-35(37)30-28-26-24-22-19-16-14-12-10-8-6-4-2/h9,11,15,17,33H,3-8,10,12-14,16,18-32H2,1-2H3,(H2,38,39,40)/b11-9-,17-15-/t33-/m1/s1. The van der Waals surface area contributed by atoms with Crippen molar-refractivity contribution in [2.75, 3.05) is 13.2 Å². The van der Waals surface area contributed by atoms with Gasteiger partial charge in [0.1, 0.15) is 6.61 Å². The van der Waals surface area contributed by atoms with Crippen LogP contribution in [0.4, 0.5) is 0 Å². The largest absolute Gasteiger partial charge is 0.469 e. The Morgan fingerprint density at radius 2 is 1.05 bits per heavy atom. The van der Waals surface area contributed by atoms with Gasteiger partial charge in [-0.3, -0.25) is 14.1 Å². The highest BCUT2D eigenvalue weighted by Crippen LogP contribution is 2.36. The number of unbranched alkanes of at least 4 members (excludes halogenated alkanes) is 18. The molecule has 0 aliphatic rings. The maximum atomic E-state index is 12.3. The van der Waals surface area contributed by atoms with Gasteiger partial charge in [-0.2, -0.15) is 0 Å². The van der Waals surface area contributed by atoms with Crippen LogP contribution in [0, 0.1) is 0 Å². The molecule has 0 fully saturated rings. The van der Waals surface area contributed by atoms with E-state index in [2.05, 4.69) is 42.7 Å². The molecule has 1 atom stereocenters. The molecular weight excluding hydrogens is 579 g/mol. The van der Waals surface area contributed by atoms with Crippen molar-refractivity contribution in [3.05, 3.63) is 24.3 Å². The molecule has 0 spiro atoms. The first-order valence-electron chi connectivity index (χ1n) is 17.6. The van der Waals surface area contributed by atoms with E-state index >= 15 is 0 Å². The first-order valence-corrected chi connectivity index (χ1v) is 19.2. The smallest absolute Gasteiger partial charge is 0.462 e. The van der Waals surface area contributed by atoms with Crippen LogP contribution < -0.4 is 0 Å². The number of esters is 2. The number of rotatable bonds is 32. The first-order chi connectivity index (χ1) is 21.3. The summed E-state index contributed by atoms with van der Waals surface area (Å²) in [5.74, 6) is -0.899. The number of carbonyl (C=O) groups excluding carboxylic acids is 2. The molecule has 44 heavy (non-hydrogen) atoms. The summed E-state index contributed by atoms with van der Waals surface area (Å²) in [6, 6.07) is 0. The lowest BCUT2D eigenvalue weighted by Crippen LogP contribution is -2.29. The number of allylic oxidation sites excluding steroid dienone is 4. The van der Waals surface area contributed by atoms with Gasteiger partial charge in [-0.25, -0.2) is 4.57 Å². The predicted octanol–water partition coefficient (Wildman–Crippen LogP) is 10.1. The molecule has 0 unspecified atom stereocenters. The van der Waals surface area contributed by atoms with Crippen LogP contribution in [0.15, 0.2) is 24.3 Å². The van der Waals surface area contributed by atoms with Crippen molar-refractivity contribution in [3.63, 3.8) is 0 Å². The third-order valence-electron chi connectivity index (χ3n) is 7.47. The van der Waals surface area contributed by atoms with Crippen molar-refractivity contribution in [1.82, 2.24) is 0 Å². The zero-order chi connectivity index (χ0) is 32.6. The van der Waals surface area contributed by atoms with E-state index in [1.165, 1.54) is 64.2 Å². The molecule has 0 saturated heterocycles. The number of ether oxygens (including phenoxy) is 2. The van der Waals surface area contributed by atoms with Gasteiger partial charge in [0.2, 0.25) is 0 Å². The normalized spacial score (nSPS) is 12.7. The summed E-state index contributed by atoms with van der Waals surface area (Å²) in [7, 11) is -4.74. The minimum atomic E-state index is -4.74. The van der Waals surface area contributed by atoms with E-state index in [-0.39, 0.29) is 19.4 Å². The molecule has 0 bridgehead atoms. The highest BCUT2D eigenvalue weighted by molar-refractivity contribution is 7.46. The zero-order valence-electron chi connectivity index (χ0n) is 28.1. The van der Waals surface area contributed by atoms with Crippen molar-refractivity contribution in [2.24, 2.45) is 0 Å². The van der Waals surface area contributed by atoms with Gasteiger partial charge < -0.3 is 19.3 Å². The molecule has 0 aliphatic heterocycles. The Balaban J connectivity index is 4.01. The van der Waals surface area contributed by atoms with Gasteiger partial charge in [-0.15, -0.1) is 0 Å². The van der Waals surface area contributed by atoms with Crippen LogP contribution in [-0.2, 0) is 28.2 Å². The zero-order valence-corrected chi connectivity index (χ0v) is 29.0. The molecule has 0 aliphatic carbocycles. The molecule has 0 aromatic rings. The quantitative estimate of drug-likeness (QED) is 0.0321.